The van der Waals surface area contributed by atoms with Crippen LogP contribution in [0.1, 0.15) is 38.2 Å². The number of hydrogen-bond donors (Lipinski definition) is 1. The normalized spacial score (nSPS) is 23.3. The van der Waals surface area contributed by atoms with Crippen molar-refractivity contribution in [2.24, 2.45) is 10.7 Å². The van der Waals surface area contributed by atoms with Gasteiger partial charge in [0.05, 0.1) is 11.7 Å². The predicted molar refractivity (Wildman–Crippen MR) is 99.9 cm³/mol. The van der Waals surface area contributed by atoms with Gasteiger partial charge in [0.1, 0.15) is 23.1 Å². The first kappa shape index (κ1) is 17.7. The van der Waals surface area contributed by atoms with Crippen LogP contribution in [0.3, 0.4) is 0 Å². The maximum Gasteiger partial charge on any atom is 0.283 e. The number of hydrogen-bond acceptors (Lipinski definition) is 5. The fraction of sp³-hybridized carbons (Fsp3) is 0.400. The molecular weight excluding hydrogens is 350 g/mol. The van der Waals surface area contributed by atoms with Gasteiger partial charge in [-0.25, -0.2) is 18.8 Å². The van der Waals surface area contributed by atoms with Crippen LogP contribution in [0.5, 0.6) is 0 Å². The van der Waals surface area contributed by atoms with E-state index in [-0.39, 0.29) is 17.4 Å². The van der Waals surface area contributed by atoms with Crippen molar-refractivity contribution in [1.29, 1.82) is 0 Å². The monoisotopic (exact) mass is 372 g/mol. The van der Waals surface area contributed by atoms with Crippen LogP contribution in [-0.2, 0) is 10.3 Å². The molecule has 1 aliphatic heterocycles. The third-order valence-electron chi connectivity index (χ3n) is 5.58. The van der Waals surface area contributed by atoms with Crippen molar-refractivity contribution < 1.29 is 13.5 Å². The zero-order valence-electron chi connectivity index (χ0n) is 15.4. The molecule has 1 spiro atoms. The summed E-state index contributed by atoms with van der Waals surface area (Å²) in [6, 6.07) is 7.88. The van der Waals surface area contributed by atoms with Gasteiger partial charge in [0.15, 0.2) is 0 Å². The molecule has 1 aliphatic carbocycles. The van der Waals surface area contributed by atoms with E-state index in [2.05, 4.69) is 9.98 Å². The number of amidine groups is 1. The number of halogens is 2. The molecule has 1 atom stereocenters. The second kappa shape index (κ2) is 6.18. The molecule has 27 heavy (non-hydrogen) atoms. The van der Waals surface area contributed by atoms with Gasteiger partial charge in [-0.1, -0.05) is 0 Å². The highest BCUT2D eigenvalue weighted by Gasteiger charge is 2.50. The minimum Gasteiger partial charge on any atom is -0.459 e. The topological polar surface area (TPSA) is 63.7 Å². The Morgan fingerprint density at radius 2 is 1.96 bits per heavy atom. The summed E-state index contributed by atoms with van der Waals surface area (Å²) in [5, 5.41) is 0. The van der Waals surface area contributed by atoms with Crippen molar-refractivity contribution in [3.05, 3.63) is 53.7 Å². The molecular formula is C20H22F2N4O. The second-order valence-corrected chi connectivity index (χ2v) is 7.60. The summed E-state index contributed by atoms with van der Waals surface area (Å²) < 4.78 is 33.7. The average molecular weight is 372 g/mol. The molecule has 2 N–H and O–H groups in total. The number of anilines is 2. The van der Waals surface area contributed by atoms with Gasteiger partial charge in [0, 0.05) is 24.7 Å². The Balaban J connectivity index is 1.72. The Hall–Kier alpha value is -2.70. The summed E-state index contributed by atoms with van der Waals surface area (Å²) in [5.74, 6) is -0.184. The lowest BCUT2D eigenvalue weighted by molar-refractivity contribution is -0.0583. The average Bonchev–Trinajstić information content (AvgIpc) is 2.60. The van der Waals surface area contributed by atoms with Crippen molar-refractivity contribution in [2.75, 3.05) is 11.9 Å². The van der Waals surface area contributed by atoms with Crippen LogP contribution in [0, 0.1) is 11.6 Å². The third kappa shape index (κ3) is 3.11. The molecule has 5 nitrogen and oxygen atoms in total. The number of aliphatic imine (C=N–C) groups is 1. The summed E-state index contributed by atoms with van der Waals surface area (Å²) in [5.41, 5.74) is 5.99. The maximum absolute atomic E-state index is 14.8. The van der Waals surface area contributed by atoms with Crippen molar-refractivity contribution in [1.82, 2.24) is 4.98 Å². The lowest BCUT2D eigenvalue weighted by Crippen LogP contribution is -2.52. The van der Waals surface area contributed by atoms with Gasteiger partial charge in [0.2, 0.25) is 0 Å². The van der Waals surface area contributed by atoms with Crippen molar-refractivity contribution in [3.8, 4) is 0 Å². The summed E-state index contributed by atoms with van der Waals surface area (Å²) in [6.45, 7) is 1.89. The molecule has 1 aromatic heterocycles. The Morgan fingerprint density at radius 1 is 1.19 bits per heavy atom. The number of nitrogens with zero attached hydrogens (tertiary/aromatic N) is 3. The zero-order valence-corrected chi connectivity index (χ0v) is 15.4. The minimum atomic E-state index is -0.806. The van der Waals surface area contributed by atoms with Crippen LogP contribution in [0.15, 0.2) is 41.5 Å². The fourth-order valence-electron chi connectivity index (χ4n) is 4.03. The van der Waals surface area contributed by atoms with Gasteiger partial charge in [-0.15, -0.1) is 0 Å². The molecule has 0 amide bonds. The standard InChI is InChI=1S/C20H22F2N4O/c1-19(12-20(8-3-9-20)27-18(23)25-19)15-10-14(5-6-16(15)22)26(2)17-7-4-13(21)11-24-17/h4-7,10-11H,3,8-9,12H2,1-2H3,(H2,23,25)/t19-/m0/s1. The van der Waals surface area contributed by atoms with E-state index in [4.69, 9.17) is 10.5 Å². The van der Waals surface area contributed by atoms with E-state index in [0.29, 0.717) is 17.8 Å². The molecule has 0 saturated heterocycles. The molecule has 2 aliphatic rings. The van der Waals surface area contributed by atoms with Crippen LogP contribution in [-0.4, -0.2) is 23.7 Å². The quantitative estimate of drug-likeness (QED) is 0.885. The first-order valence-corrected chi connectivity index (χ1v) is 9.00. The van der Waals surface area contributed by atoms with E-state index in [9.17, 15) is 8.78 Å². The number of nitrogens with two attached hydrogens (primary N) is 1. The summed E-state index contributed by atoms with van der Waals surface area (Å²) >= 11 is 0. The molecule has 2 heterocycles. The summed E-state index contributed by atoms with van der Waals surface area (Å²) in [7, 11) is 1.80. The minimum absolute atomic E-state index is 0.113. The molecule has 0 radical (unpaired) electrons. The van der Waals surface area contributed by atoms with E-state index in [1.54, 1.807) is 30.1 Å². The highest BCUT2D eigenvalue weighted by molar-refractivity contribution is 5.74. The lowest BCUT2D eigenvalue weighted by Gasteiger charge is -2.48. The SMILES string of the molecule is CN(c1ccc(F)c([C@]2(C)CC3(CCC3)OC(N)=N2)c1)c1ccc(F)cn1. The van der Waals surface area contributed by atoms with Gasteiger partial charge in [-0.05, 0) is 56.5 Å². The Morgan fingerprint density at radius 3 is 2.59 bits per heavy atom. The first-order chi connectivity index (χ1) is 12.8. The highest BCUT2D eigenvalue weighted by atomic mass is 19.1. The van der Waals surface area contributed by atoms with Gasteiger partial charge in [-0.3, -0.25) is 0 Å². The molecule has 2 aromatic rings. The van der Waals surface area contributed by atoms with E-state index < -0.39 is 11.4 Å². The number of ether oxygens (including phenoxy) is 1. The van der Waals surface area contributed by atoms with Crippen LogP contribution in [0.4, 0.5) is 20.3 Å². The number of pyridine rings is 1. The van der Waals surface area contributed by atoms with Gasteiger partial charge in [0.25, 0.3) is 6.02 Å². The molecule has 1 aromatic carbocycles. The van der Waals surface area contributed by atoms with Gasteiger partial charge in [-0.2, -0.15) is 0 Å². The number of benzene rings is 1. The van der Waals surface area contributed by atoms with E-state index in [1.807, 2.05) is 6.92 Å². The van der Waals surface area contributed by atoms with Crippen LogP contribution in [0.25, 0.3) is 0 Å². The lowest BCUT2D eigenvalue weighted by atomic mass is 9.69. The zero-order chi connectivity index (χ0) is 19.2. The molecule has 0 bridgehead atoms. The number of rotatable bonds is 3. The maximum atomic E-state index is 14.8. The molecule has 1 fully saturated rings. The number of aromatic nitrogens is 1. The molecule has 4 rings (SSSR count). The molecule has 0 unspecified atom stereocenters. The van der Waals surface area contributed by atoms with E-state index >= 15 is 0 Å². The van der Waals surface area contributed by atoms with Crippen molar-refractivity contribution in [2.45, 2.75) is 43.7 Å². The summed E-state index contributed by atoms with van der Waals surface area (Å²) in [4.78, 5) is 10.3. The Kier molecular flexibility index (Phi) is 4.05. The summed E-state index contributed by atoms with van der Waals surface area (Å²) in [6.07, 6.45) is 4.62. The van der Waals surface area contributed by atoms with Crippen LogP contribution < -0.4 is 10.6 Å². The van der Waals surface area contributed by atoms with E-state index in [0.717, 1.165) is 31.1 Å². The molecule has 1 saturated carbocycles. The van der Waals surface area contributed by atoms with Crippen LogP contribution in [0.2, 0.25) is 0 Å². The van der Waals surface area contributed by atoms with E-state index in [1.165, 1.54) is 12.1 Å². The fourth-order valence-corrected chi connectivity index (χ4v) is 4.03. The van der Waals surface area contributed by atoms with Crippen molar-refractivity contribution >= 4 is 17.5 Å². The predicted octanol–water partition coefficient (Wildman–Crippen LogP) is 4.00. The van der Waals surface area contributed by atoms with Crippen LogP contribution >= 0.6 is 0 Å². The molecule has 7 heteroatoms. The second-order valence-electron chi connectivity index (χ2n) is 7.60. The Labute approximate surface area is 156 Å². The smallest absolute Gasteiger partial charge is 0.283 e. The first-order valence-electron chi connectivity index (χ1n) is 9.00. The van der Waals surface area contributed by atoms with Crippen molar-refractivity contribution in [3.63, 3.8) is 0 Å². The van der Waals surface area contributed by atoms with Gasteiger partial charge >= 0.3 is 0 Å². The largest absolute Gasteiger partial charge is 0.459 e. The highest BCUT2D eigenvalue weighted by Crippen LogP contribution is 2.49. The van der Waals surface area contributed by atoms with Gasteiger partial charge < -0.3 is 15.4 Å². The Bertz CT molecular complexity index is 895. The molecule has 142 valence electrons. The third-order valence-corrected chi connectivity index (χ3v) is 5.58.